The van der Waals surface area contributed by atoms with Gasteiger partial charge in [0.1, 0.15) is 24.7 Å². The van der Waals surface area contributed by atoms with Crippen molar-refractivity contribution in [3.05, 3.63) is 59.7 Å². The Kier molecular flexibility index (Phi) is 8.39. The number of rotatable bonds is 11. The van der Waals surface area contributed by atoms with Crippen molar-refractivity contribution in [1.29, 1.82) is 0 Å². The van der Waals surface area contributed by atoms with E-state index >= 15 is 0 Å². The highest BCUT2D eigenvalue weighted by Gasteiger charge is 2.43. The Bertz CT molecular complexity index is 890. The second kappa shape index (κ2) is 11.0. The molecule has 1 atom stereocenters. The standard InChI is InChI=1S/C22H24O9/c1-28-17-7-3-15(4-8-17)13-30-20(25)12-22(27,11-19(23)24)21(26)31-14-16-5-9-18(29-2)10-6-16/h3-10,27H,11-14H2,1-2H3,(H,23,24)/t22-/m0/s1. The van der Waals surface area contributed by atoms with Crippen molar-refractivity contribution in [2.75, 3.05) is 14.2 Å². The molecule has 9 heteroatoms. The van der Waals surface area contributed by atoms with Gasteiger partial charge in [0.25, 0.3) is 0 Å². The van der Waals surface area contributed by atoms with Gasteiger partial charge in [-0.1, -0.05) is 24.3 Å². The SMILES string of the molecule is COc1ccc(COC(=O)C[C@@](O)(CC(=O)O)C(=O)OCc2ccc(OC)cc2)cc1. The average molecular weight is 432 g/mol. The molecule has 166 valence electrons. The minimum atomic E-state index is -2.56. The van der Waals surface area contributed by atoms with Gasteiger partial charge in [0.15, 0.2) is 5.60 Å². The Morgan fingerprint density at radius 3 is 1.65 bits per heavy atom. The quantitative estimate of drug-likeness (QED) is 0.513. The first-order valence-corrected chi connectivity index (χ1v) is 9.28. The molecule has 9 nitrogen and oxygen atoms in total. The normalized spacial score (nSPS) is 12.4. The zero-order valence-electron chi connectivity index (χ0n) is 17.2. The first-order valence-electron chi connectivity index (χ1n) is 9.28. The molecular formula is C22H24O9. The lowest BCUT2D eigenvalue weighted by Crippen LogP contribution is -2.44. The lowest BCUT2D eigenvalue weighted by molar-refractivity contribution is -0.178. The van der Waals surface area contributed by atoms with E-state index in [2.05, 4.69) is 0 Å². The number of benzene rings is 2. The monoisotopic (exact) mass is 432 g/mol. The van der Waals surface area contributed by atoms with Crippen LogP contribution in [-0.4, -0.2) is 47.9 Å². The van der Waals surface area contributed by atoms with Crippen LogP contribution in [-0.2, 0) is 37.1 Å². The number of methoxy groups -OCH3 is 2. The van der Waals surface area contributed by atoms with Gasteiger partial charge in [-0.2, -0.15) is 0 Å². The molecule has 0 fully saturated rings. The van der Waals surface area contributed by atoms with E-state index in [1.807, 2.05) is 0 Å². The highest BCUT2D eigenvalue weighted by molar-refractivity contribution is 5.89. The summed E-state index contributed by atoms with van der Waals surface area (Å²) in [5.74, 6) is -2.40. The zero-order chi connectivity index (χ0) is 22.9. The van der Waals surface area contributed by atoms with Crippen molar-refractivity contribution in [1.82, 2.24) is 0 Å². The average Bonchev–Trinajstić information content (AvgIpc) is 2.76. The first-order chi connectivity index (χ1) is 14.8. The van der Waals surface area contributed by atoms with Gasteiger partial charge in [-0.05, 0) is 35.4 Å². The van der Waals surface area contributed by atoms with Gasteiger partial charge >= 0.3 is 17.9 Å². The van der Waals surface area contributed by atoms with Crippen molar-refractivity contribution in [2.24, 2.45) is 0 Å². The molecule has 0 bridgehead atoms. The van der Waals surface area contributed by atoms with E-state index in [1.54, 1.807) is 48.5 Å². The predicted molar refractivity (Wildman–Crippen MR) is 107 cm³/mol. The first kappa shape index (κ1) is 23.7. The van der Waals surface area contributed by atoms with Crippen LogP contribution in [0.3, 0.4) is 0 Å². The molecule has 0 saturated carbocycles. The Hall–Kier alpha value is -3.59. The van der Waals surface area contributed by atoms with Crippen molar-refractivity contribution in [3.63, 3.8) is 0 Å². The summed E-state index contributed by atoms with van der Waals surface area (Å²) in [7, 11) is 3.03. The van der Waals surface area contributed by atoms with Gasteiger partial charge in [0.05, 0.1) is 27.1 Å². The van der Waals surface area contributed by atoms with Crippen molar-refractivity contribution in [3.8, 4) is 11.5 Å². The van der Waals surface area contributed by atoms with Gasteiger partial charge in [0.2, 0.25) is 0 Å². The third kappa shape index (κ3) is 7.31. The highest BCUT2D eigenvalue weighted by atomic mass is 16.6. The number of aliphatic hydroxyl groups is 1. The summed E-state index contributed by atoms with van der Waals surface area (Å²) in [4.78, 5) is 35.7. The zero-order valence-corrected chi connectivity index (χ0v) is 17.2. The van der Waals surface area contributed by atoms with Crippen LogP contribution in [0.2, 0.25) is 0 Å². The number of aliphatic carboxylic acids is 1. The number of ether oxygens (including phenoxy) is 4. The summed E-state index contributed by atoms with van der Waals surface area (Å²) in [6, 6.07) is 13.3. The van der Waals surface area contributed by atoms with Gasteiger partial charge < -0.3 is 29.2 Å². The summed E-state index contributed by atoms with van der Waals surface area (Å²) in [6.45, 7) is -0.335. The van der Waals surface area contributed by atoms with Crippen molar-refractivity contribution >= 4 is 17.9 Å². The molecule has 2 aromatic carbocycles. The maximum atomic E-state index is 12.4. The molecule has 0 aliphatic heterocycles. The maximum absolute atomic E-state index is 12.4. The summed E-state index contributed by atoms with van der Waals surface area (Å²) < 4.78 is 20.2. The molecule has 2 N–H and O–H groups in total. The Labute approximate surface area is 179 Å². The molecule has 0 aliphatic carbocycles. The summed E-state index contributed by atoms with van der Waals surface area (Å²) in [5, 5.41) is 19.6. The molecular weight excluding hydrogens is 408 g/mol. The number of esters is 2. The number of hydrogen-bond donors (Lipinski definition) is 2. The van der Waals surface area contributed by atoms with Crippen LogP contribution in [0.15, 0.2) is 48.5 Å². The van der Waals surface area contributed by atoms with E-state index in [0.29, 0.717) is 22.6 Å². The van der Waals surface area contributed by atoms with Gasteiger partial charge in [-0.15, -0.1) is 0 Å². The van der Waals surface area contributed by atoms with E-state index in [1.165, 1.54) is 14.2 Å². The molecule has 31 heavy (non-hydrogen) atoms. The smallest absolute Gasteiger partial charge is 0.339 e. The van der Waals surface area contributed by atoms with Crippen LogP contribution in [0.4, 0.5) is 0 Å². The minimum Gasteiger partial charge on any atom is -0.497 e. The van der Waals surface area contributed by atoms with E-state index < -0.39 is 36.4 Å². The third-order valence-electron chi connectivity index (χ3n) is 4.35. The molecule has 0 aliphatic rings. The number of carboxylic acid groups (broad SMARTS) is 1. The third-order valence-corrected chi connectivity index (χ3v) is 4.35. The molecule has 0 aromatic heterocycles. The molecule has 0 heterocycles. The number of carbonyl (C=O) groups is 3. The Morgan fingerprint density at radius 2 is 1.23 bits per heavy atom. The number of hydrogen-bond acceptors (Lipinski definition) is 8. The van der Waals surface area contributed by atoms with Crippen LogP contribution in [0.5, 0.6) is 11.5 Å². The van der Waals surface area contributed by atoms with Crippen LogP contribution in [0.25, 0.3) is 0 Å². The Balaban J connectivity index is 1.96. The van der Waals surface area contributed by atoms with Gasteiger partial charge in [-0.25, -0.2) is 4.79 Å². The van der Waals surface area contributed by atoms with Gasteiger partial charge in [0, 0.05) is 0 Å². The lowest BCUT2D eigenvalue weighted by Gasteiger charge is -2.23. The number of carbonyl (C=O) groups excluding carboxylic acids is 2. The van der Waals surface area contributed by atoms with Crippen molar-refractivity contribution in [2.45, 2.75) is 31.7 Å². The maximum Gasteiger partial charge on any atom is 0.339 e. The van der Waals surface area contributed by atoms with Crippen LogP contribution >= 0.6 is 0 Å². The summed E-state index contributed by atoms with van der Waals surface area (Å²) in [5.41, 5.74) is -1.32. The summed E-state index contributed by atoms with van der Waals surface area (Å²) >= 11 is 0. The van der Waals surface area contributed by atoms with Crippen molar-refractivity contribution < 1.29 is 43.5 Å². The fourth-order valence-corrected chi connectivity index (χ4v) is 2.64. The van der Waals surface area contributed by atoms with E-state index in [0.717, 1.165) is 0 Å². The second-order valence-corrected chi connectivity index (χ2v) is 6.71. The Morgan fingerprint density at radius 1 is 0.774 bits per heavy atom. The fourth-order valence-electron chi connectivity index (χ4n) is 2.64. The van der Waals surface area contributed by atoms with Gasteiger partial charge in [-0.3, -0.25) is 9.59 Å². The molecule has 2 aromatic rings. The predicted octanol–water partition coefficient (Wildman–Crippen LogP) is 2.09. The summed E-state index contributed by atoms with van der Waals surface area (Å²) in [6.07, 6.45) is -1.87. The van der Waals surface area contributed by atoms with Crippen LogP contribution in [0, 0.1) is 0 Å². The molecule has 0 saturated heterocycles. The number of carboxylic acids is 1. The fraction of sp³-hybridized carbons (Fsp3) is 0.318. The van der Waals surface area contributed by atoms with E-state index in [-0.39, 0.29) is 13.2 Å². The molecule has 0 amide bonds. The largest absolute Gasteiger partial charge is 0.497 e. The topological polar surface area (TPSA) is 129 Å². The lowest BCUT2D eigenvalue weighted by atomic mass is 9.95. The van der Waals surface area contributed by atoms with Crippen LogP contribution < -0.4 is 9.47 Å². The molecule has 0 unspecified atom stereocenters. The molecule has 0 radical (unpaired) electrons. The van der Waals surface area contributed by atoms with Crippen LogP contribution in [0.1, 0.15) is 24.0 Å². The second-order valence-electron chi connectivity index (χ2n) is 6.71. The van der Waals surface area contributed by atoms with E-state index in [4.69, 9.17) is 24.1 Å². The van der Waals surface area contributed by atoms with E-state index in [9.17, 15) is 19.5 Å². The molecule has 2 rings (SSSR count). The molecule has 0 spiro atoms. The minimum absolute atomic E-state index is 0.118. The highest BCUT2D eigenvalue weighted by Crippen LogP contribution is 2.21.